The quantitative estimate of drug-likeness (QED) is 0.910. The summed E-state index contributed by atoms with van der Waals surface area (Å²) in [7, 11) is 0. The highest BCUT2D eigenvalue weighted by Gasteiger charge is 2.26. The summed E-state index contributed by atoms with van der Waals surface area (Å²) < 4.78 is 0. The van der Waals surface area contributed by atoms with Gasteiger partial charge < -0.3 is 10.0 Å². The molecule has 2 aliphatic rings. The molecule has 3 rings (SSSR count). The van der Waals surface area contributed by atoms with Crippen LogP contribution in [-0.2, 0) is 6.42 Å². The summed E-state index contributed by atoms with van der Waals surface area (Å²) in [6.07, 6.45) is 5.22. The number of fused-ring (bicyclic) bond motifs is 1. The lowest BCUT2D eigenvalue weighted by atomic mass is 9.93. The van der Waals surface area contributed by atoms with E-state index in [1.165, 1.54) is 43.5 Å². The normalized spacial score (nSPS) is 24.6. The Labute approximate surface area is 122 Å². The number of piperidine rings is 1. The van der Waals surface area contributed by atoms with Gasteiger partial charge in [-0.2, -0.15) is 0 Å². The van der Waals surface area contributed by atoms with Crippen LogP contribution in [0.1, 0.15) is 36.4 Å². The molecule has 2 aliphatic heterocycles. The van der Waals surface area contributed by atoms with Gasteiger partial charge in [0.1, 0.15) is 0 Å². The van der Waals surface area contributed by atoms with Gasteiger partial charge in [-0.15, -0.1) is 0 Å². The van der Waals surface area contributed by atoms with Crippen molar-refractivity contribution in [1.82, 2.24) is 9.80 Å². The smallest absolute Gasteiger partial charge is 0.0628 e. The van der Waals surface area contributed by atoms with Crippen molar-refractivity contribution in [3.8, 4) is 0 Å². The molecule has 0 amide bonds. The molecule has 2 heterocycles. The molecular formula is C17H26N2O. The van der Waals surface area contributed by atoms with Gasteiger partial charge >= 0.3 is 0 Å². The minimum atomic E-state index is 0.199. The maximum atomic E-state index is 9.79. The molecule has 1 atom stereocenters. The van der Waals surface area contributed by atoms with Gasteiger partial charge in [0.2, 0.25) is 0 Å². The number of benzene rings is 1. The van der Waals surface area contributed by atoms with Crippen LogP contribution in [0.25, 0.3) is 0 Å². The van der Waals surface area contributed by atoms with Gasteiger partial charge in [0, 0.05) is 19.6 Å². The second kappa shape index (κ2) is 6.70. The van der Waals surface area contributed by atoms with Gasteiger partial charge in [-0.05, 0) is 43.5 Å². The van der Waals surface area contributed by atoms with Crippen LogP contribution >= 0.6 is 0 Å². The number of rotatable bonds is 4. The molecule has 3 heteroatoms. The highest BCUT2D eigenvalue weighted by atomic mass is 16.3. The zero-order valence-corrected chi connectivity index (χ0v) is 12.3. The highest BCUT2D eigenvalue weighted by molar-refractivity contribution is 5.32. The van der Waals surface area contributed by atoms with E-state index in [2.05, 4.69) is 34.1 Å². The van der Waals surface area contributed by atoms with Gasteiger partial charge in [-0.25, -0.2) is 0 Å². The van der Waals surface area contributed by atoms with Crippen molar-refractivity contribution in [2.45, 2.75) is 31.7 Å². The number of likely N-dealkylation sites (tertiary alicyclic amines) is 1. The summed E-state index contributed by atoms with van der Waals surface area (Å²) in [6.45, 7) is 6.06. The van der Waals surface area contributed by atoms with Gasteiger partial charge in [0.25, 0.3) is 0 Å². The number of aliphatic hydroxyl groups is 1. The number of aliphatic hydroxyl groups excluding tert-OH is 1. The van der Waals surface area contributed by atoms with Crippen LogP contribution in [-0.4, -0.2) is 54.2 Å². The summed E-state index contributed by atoms with van der Waals surface area (Å²) in [5, 5.41) is 9.79. The van der Waals surface area contributed by atoms with Crippen LogP contribution in [0.4, 0.5) is 0 Å². The lowest BCUT2D eigenvalue weighted by Crippen LogP contribution is -2.43. The fourth-order valence-corrected chi connectivity index (χ4v) is 3.64. The summed E-state index contributed by atoms with van der Waals surface area (Å²) in [4.78, 5) is 5.05. The highest BCUT2D eigenvalue weighted by Crippen LogP contribution is 2.29. The SMILES string of the molecule is OCC1c2ccccc2CCN1CCN1CCCCC1. The maximum Gasteiger partial charge on any atom is 0.0628 e. The molecular weight excluding hydrogens is 248 g/mol. The lowest BCUT2D eigenvalue weighted by Gasteiger charge is -2.38. The van der Waals surface area contributed by atoms with Crippen molar-refractivity contribution in [3.05, 3.63) is 35.4 Å². The van der Waals surface area contributed by atoms with Crippen molar-refractivity contribution in [2.75, 3.05) is 39.3 Å². The number of nitrogens with zero attached hydrogens (tertiary/aromatic N) is 2. The van der Waals surface area contributed by atoms with E-state index in [9.17, 15) is 5.11 Å². The topological polar surface area (TPSA) is 26.7 Å². The average molecular weight is 274 g/mol. The number of hydrogen-bond donors (Lipinski definition) is 1. The van der Waals surface area contributed by atoms with Gasteiger partial charge in [0.05, 0.1) is 12.6 Å². The molecule has 1 aromatic rings. The van der Waals surface area contributed by atoms with Gasteiger partial charge in [0.15, 0.2) is 0 Å². The summed E-state index contributed by atoms with van der Waals surface area (Å²) in [5.41, 5.74) is 2.75. The van der Waals surface area contributed by atoms with Gasteiger partial charge in [-0.1, -0.05) is 30.7 Å². The molecule has 0 bridgehead atoms. The van der Waals surface area contributed by atoms with E-state index in [-0.39, 0.29) is 12.6 Å². The summed E-state index contributed by atoms with van der Waals surface area (Å²) in [6, 6.07) is 8.79. The molecule has 1 fully saturated rings. The maximum absolute atomic E-state index is 9.79. The fraction of sp³-hybridized carbons (Fsp3) is 0.647. The van der Waals surface area contributed by atoms with Crippen molar-refractivity contribution in [2.24, 2.45) is 0 Å². The lowest BCUT2D eigenvalue weighted by molar-refractivity contribution is 0.0964. The Morgan fingerprint density at radius 1 is 1.00 bits per heavy atom. The second-order valence-corrected chi connectivity index (χ2v) is 6.09. The molecule has 1 unspecified atom stereocenters. The first-order chi connectivity index (χ1) is 9.88. The Morgan fingerprint density at radius 2 is 1.80 bits per heavy atom. The molecule has 0 radical (unpaired) electrons. The van der Waals surface area contributed by atoms with E-state index in [0.717, 1.165) is 26.1 Å². The molecule has 1 saturated heterocycles. The van der Waals surface area contributed by atoms with Crippen LogP contribution in [0.15, 0.2) is 24.3 Å². The average Bonchev–Trinajstić information content (AvgIpc) is 2.53. The molecule has 110 valence electrons. The fourth-order valence-electron chi connectivity index (χ4n) is 3.64. The van der Waals surface area contributed by atoms with Crippen molar-refractivity contribution in [1.29, 1.82) is 0 Å². The Hall–Kier alpha value is -0.900. The minimum Gasteiger partial charge on any atom is -0.394 e. The van der Waals surface area contributed by atoms with Crippen LogP contribution in [0.3, 0.4) is 0 Å². The molecule has 3 nitrogen and oxygen atoms in total. The Kier molecular flexibility index (Phi) is 4.71. The molecule has 1 N–H and O–H groups in total. The second-order valence-electron chi connectivity index (χ2n) is 6.09. The van der Waals surface area contributed by atoms with E-state index in [4.69, 9.17) is 0 Å². The number of hydrogen-bond acceptors (Lipinski definition) is 3. The zero-order valence-electron chi connectivity index (χ0n) is 12.3. The molecule has 20 heavy (non-hydrogen) atoms. The van der Waals surface area contributed by atoms with Crippen molar-refractivity contribution in [3.63, 3.8) is 0 Å². The molecule has 0 aromatic heterocycles. The predicted molar refractivity (Wildman–Crippen MR) is 81.8 cm³/mol. The first kappa shape index (κ1) is 14.1. The first-order valence-electron chi connectivity index (χ1n) is 8.03. The summed E-state index contributed by atoms with van der Waals surface area (Å²) in [5.74, 6) is 0. The van der Waals surface area contributed by atoms with Crippen LogP contribution in [0.2, 0.25) is 0 Å². The van der Waals surface area contributed by atoms with Crippen molar-refractivity contribution < 1.29 is 5.11 Å². The zero-order chi connectivity index (χ0) is 13.8. The molecule has 0 spiro atoms. The van der Waals surface area contributed by atoms with E-state index in [0.29, 0.717) is 0 Å². The third-order valence-electron chi connectivity index (χ3n) is 4.85. The standard InChI is InChI=1S/C17H26N2O/c20-14-17-16-7-3-2-6-15(16)8-11-19(17)13-12-18-9-4-1-5-10-18/h2-3,6-7,17,20H,1,4-5,8-14H2. The Balaban J connectivity index is 1.62. The largest absolute Gasteiger partial charge is 0.394 e. The molecule has 1 aromatic carbocycles. The summed E-state index contributed by atoms with van der Waals surface area (Å²) >= 11 is 0. The van der Waals surface area contributed by atoms with E-state index in [1.54, 1.807) is 0 Å². The minimum absolute atomic E-state index is 0.199. The van der Waals surface area contributed by atoms with E-state index in [1.807, 2.05) is 0 Å². The molecule has 0 saturated carbocycles. The molecule has 0 aliphatic carbocycles. The first-order valence-corrected chi connectivity index (χ1v) is 8.03. The Bertz CT molecular complexity index is 429. The van der Waals surface area contributed by atoms with Crippen LogP contribution < -0.4 is 0 Å². The third-order valence-corrected chi connectivity index (χ3v) is 4.85. The third kappa shape index (κ3) is 3.05. The van der Waals surface area contributed by atoms with E-state index < -0.39 is 0 Å². The van der Waals surface area contributed by atoms with Gasteiger partial charge in [-0.3, -0.25) is 4.90 Å². The monoisotopic (exact) mass is 274 g/mol. The van der Waals surface area contributed by atoms with Crippen LogP contribution in [0, 0.1) is 0 Å². The predicted octanol–water partition coefficient (Wildman–Crippen LogP) is 2.06. The van der Waals surface area contributed by atoms with Crippen LogP contribution in [0.5, 0.6) is 0 Å². The van der Waals surface area contributed by atoms with E-state index >= 15 is 0 Å². The van der Waals surface area contributed by atoms with Crippen molar-refractivity contribution >= 4 is 0 Å². The Morgan fingerprint density at radius 3 is 2.60 bits per heavy atom.